The van der Waals surface area contributed by atoms with Crippen molar-refractivity contribution < 1.29 is 19.7 Å². The molecule has 0 fully saturated rings. The summed E-state index contributed by atoms with van der Waals surface area (Å²) in [5.41, 5.74) is 2.13. The van der Waals surface area contributed by atoms with Crippen LogP contribution in [0, 0.1) is 0 Å². The average molecular weight is 266 g/mol. The Morgan fingerprint density at radius 1 is 1.32 bits per heavy atom. The van der Waals surface area contributed by atoms with Crippen LogP contribution in [0.2, 0.25) is 0 Å². The van der Waals surface area contributed by atoms with Gasteiger partial charge in [0.25, 0.3) is 0 Å². The number of benzene rings is 1. The first kappa shape index (κ1) is 14.3. The Morgan fingerprint density at radius 2 is 2.11 bits per heavy atom. The van der Waals surface area contributed by atoms with Gasteiger partial charge in [0.1, 0.15) is 18.5 Å². The van der Waals surface area contributed by atoms with Crippen LogP contribution in [0.1, 0.15) is 37.5 Å². The zero-order valence-electron chi connectivity index (χ0n) is 11.5. The minimum atomic E-state index is -0.624. The van der Waals surface area contributed by atoms with Gasteiger partial charge in [-0.2, -0.15) is 0 Å². The van der Waals surface area contributed by atoms with E-state index in [0.717, 1.165) is 29.7 Å². The van der Waals surface area contributed by atoms with Crippen molar-refractivity contribution in [1.82, 2.24) is 0 Å². The van der Waals surface area contributed by atoms with E-state index in [1.807, 2.05) is 32.0 Å². The first-order valence-corrected chi connectivity index (χ1v) is 6.79. The van der Waals surface area contributed by atoms with Crippen molar-refractivity contribution >= 4 is 0 Å². The van der Waals surface area contributed by atoms with Crippen LogP contribution in [0.15, 0.2) is 18.2 Å². The predicted molar refractivity (Wildman–Crippen MR) is 72.3 cm³/mol. The van der Waals surface area contributed by atoms with Crippen molar-refractivity contribution in [3.05, 3.63) is 29.3 Å². The number of fused-ring (bicyclic) bond motifs is 1. The van der Waals surface area contributed by atoms with Gasteiger partial charge in [0, 0.05) is 0 Å². The second-order valence-corrected chi connectivity index (χ2v) is 5.26. The van der Waals surface area contributed by atoms with Crippen molar-refractivity contribution in [2.45, 2.75) is 45.0 Å². The molecule has 0 amide bonds. The highest BCUT2D eigenvalue weighted by atomic mass is 16.5. The molecular weight excluding hydrogens is 244 g/mol. The number of aryl methyl sites for hydroxylation is 1. The molecule has 0 radical (unpaired) electrons. The quantitative estimate of drug-likeness (QED) is 0.824. The minimum absolute atomic E-state index is 0.108. The summed E-state index contributed by atoms with van der Waals surface area (Å²) >= 11 is 0. The summed E-state index contributed by atoms with van der Waals surface area (Å²) in [6.07, 6.45) is 0.808. The lowest BCUT2D eigenvalue weighted by Gasteiger charge is -2.15. The lowest BCUT2D eigenvalue weighted by atomic mass is 10.1. The van der Waals surface area contributed by atoms with Gasteiger partial charge < -0.3 is 19.7 Å². The lowest BCUT2D eigenvalue weighted by Crippen LogP contribution is -2.25. The summed E-state index contributed by atoms with van der Waals surface area (Å²) in [7, 11) is 0. The Balaban J connectivity index is 1.83. The predicted octanol–water partition coefficient (Wildman–Crippen LogP) is 1.83. The summed E-state index contributed by atoms with van der Waals surface area (Å²) in [6.45, 7) is 4.36. The molecule has 2 rings (SSSR count). The summed E-state index contributed by atoms with van der Waals surface area (Å²) in [4.78, 5) is 0. The molecule has 0 spiro atoms. The molecule has 19 heavy (non-hydrogen) atoms. The molecule has 0 aromatic heterocycles. The van der Waals surface area contributed by atoms with Gasteiger partial charge in [-0.05, 0) is 49.9 Å². The molecule has 0 aliphatic heterocycles. The van der Waals surface area contributed by atoms with Crippen LogP contribution >= 0.6 is 0 Å². The zero-order valence-corrected chi connectivity index (χ0v) is 11.5. The Morgan fingerprint density at radius 3 is 2.84 bits per heavy atom. The van der Waals surface area contributed by atoms with Crippen LogP contribution in [0.4, 0.5) is 0 Å². The molecule has 0 saturated carbocycles. The molecule has 4 nitrogen and oxygen atoms in total. The maximum Gasteiger partial charge on any atom is 0.119 e. The molecule has 0 heterocycles. The van der Waals surface area contributed by atoms with E-state index in [9.17, 15) is 10.2 Å². The van der Waals surface area contributed by atoms with E-state index in [1.54, 1.807) is 0 Å². The number of aliphatic hydroxyl groups excluding tert-OH is 2. The molecule has 0 saturated heterocycles. The third-order valence-electron chi connectivity index (χ3n) is 3.22. The number of aliphatic hydroxyl groups is 2. The Labute approximate surface area is 114 Å². The van der Waals surface area contributed by atoms with Crippen LogP contribution in [-0.4, -0.2) is 35.6 Å². The largest absolute Gasteiger partial charge is 0.491 e. The Kier molecular flexibility index (Phi) is 4.80. The molecule has 2 atom stereocenters. The number of rotatable bonds is 6. The van der Waals surface area contributed by atoms with Crippen LogP contribution in [0.5, 0.6) is 5.75 Å². The molecule has 1 aromatic rings. The van der Waals surface area contributed by atoms with Crippen molar-refractivity contribution in [2.75, 3.05) is 13.2 Å². The van der Waals surface area contributed by atoms with E-state index in [1.165, 1.54) is 0 Å². The molecular formula is C15H22O4. The summed E-state index contributed by atoms with van der Waals surface area (Å²) < 4.78 is 10.9. The topological polar surface area (TPSA) is 58.9 Å². The summed E-state index contributed by atoms with van der Waals surface area (Å²) in [5, 5.41) is 19.4. The lowest BCUT2D eigenvalue weighted by molar-refractivity contribution is -0.0122. The van der Waals surface area contributed by atoms with Gasteiger partial charge >= 0.3 is 0 Å². The Hall–Kier alpha value is -1.10. The van der Waals surface area contributed by atoms with E-state index in [4.69, 9.17) is 9.47 Å². The van der Waals surface area contributed by atoms with Gasteiger partial charge in [0.15, 0.2) is 0 Å². The molecule has 2 N–H and O–H groups in total. The molecule has 106 valence electrons. The standard InChI is InChI=1S/C15H22O4/c1-10(2)18-8-12(16)9-19-13-4-5-14-11(7-13)3-6-15(14)17/h4-5,7,10,12,15-17H,3,6,8-9H2,1-2H3/t12?,15-/m1/s1. The van der Waals surface area contributed by atoms with Crippen LogP contribution in [-0.2, 0) is 11.2 Å². The van der Waals surface area contributed by atoms with Crippen LogP contribution in [0.3, 0.4) is 0 Å². The van der Waals surface area contributed by atoms with E-state index < -0.39 is 6.10 Å². The normalized spacial score (nSPS) is 19.5. The fourth-order valence-electron chi connectivity index (χ4n) is 2.21. The highest BCUT2D eigenvalue weighted by Gasteiger charge is 2.20. The second-order valence-electron chi connectivity index (χ2n) is 5.26. The van der Waals surface area contributed by atoms with Gasteiger partial charge in [-0.15, -0.1) is 0 Å². The maximum absolute atomic E-state index is 9.71. The van der Waals surface area contributed by atoms with Crippen LogP contribution in [0.25, 0.3) is 0 Å². The van der Waals surface area contributed by atoms with Gasteiger partial charge in [-0.1, -0.05) is 6.07 Å². The summed E-state index contributed by atoms with van der Waals surface area (Å²) in [5.74, 6) is 0.733. The third kappa shape index (κ3) is 3.93. The first-order valence-electron chi connectivity index (χ1n) is 6.79. The monoisotopic (exact) mass is 266 g/mol. The molecule has 1 aliphatic carbocycles. The third-order valence-corrected chi connectivity index (χ3v) is 3.22. The fourth-order valence-corrected chi connectivity index (χ4v) is 2.21. The fraction of sp³-hybridized carbons (Fsp3) is 0.600. The Bertz CT molecular complexity index is 417. The van der Waals surface area contributed by atoms with E-state index in [2.05, 4.69) is 0 Å². The highest BCUT2D eigenvalue weighted by molar-refractivity contribution is 5.39. The van der Waals surface area contributed by atoms with Crippen LogP contribution < -0.4 is 4.74 Å². The zero-order chi connectivity index (χ0) is 13.8. The minimum Gasteiger partial charge on any atom is -0.491 e. The van der Waals surface area contributed by atoms with Crippen molar-refractivity contribution in [3.63, 3.8) is 0 Å². The number of ether oxygens (including phenoxy) is 2. The smallest absolute Gasteiger partial charge is 0.119 e. The van der Waals surface area contributed by atoms with E-state index in [0.29, 0.717) is 0 Å². The van der Waals surface area contributed by atoms with Crippen molar-refractivity contribution in [2.24, 2.45) is 0 Å². The van der Waals surface area contributed by atoms with Gasteiger partial charge in [0.2, 0.25) is 0 Å². The molecule has 1 aliphatic rings. The average Bonchev–Trinajstić information content (AvgIpc) is 2.75. The first-order chi connectivity index (χ1) is 9.06. The summed E-state index contributed by atoms with van der Waals surface area (Å²) in [6, 6.07) is 5.68. The highest BCUT2D eigenvalue weighted by Crippen LogP contribution is 2.33. The van der Waals surface area contributed by atoms with Crippen molar-refractivity contribution in [1.29, 1.82) is 0 Å². The molecule has 1 aromatic carbocycles. The molecule has 1 unspecified atom stereocenters. The van der Waals surface area contributed by atoms with Crippen molar-refractivity contribution in [3.8, 4) is 5.75 Å². The second kappa shape index (κ2) is 6.37. The van der Waals surface area contributed by atoms with Gasteiger partial charge in [-0.3, -0.25) is 0 Å². The number of hydrogen-bond acceptors (Lipinski definition) is 4. The van der Waals surface area contributed by atoms with Gasteiger partial charge in [0.05, 0.1) is 18.8 Å². The molecule has 4 heteroatoms. The van der Waals surface area contributed by atoms with E-state index >= 15 is 0 Å². The SMILES string of the molecule is CC(C)OCC(O)COc1ccc2c(c1)CC[C@H]2O. The maximum atomic E-state index is 9.71. The number of hydrogen-bond donors (Lipinski definition) is 2. The van der Waals surface area contributed by atoms with Gasteiger partial charge in [-0.25, -0.2) is 0 Å². The molecule has 0 bridgehead atoms. The van der Waals surface area contributed by atoms with E-state index in [-0.39, 0.29) is 25.4 Å².